The first-order valence-electron chi connectivity index (χ1n) is 8.52. The zero-order valence-electron chi connectivity index (χ0n) is 15.8. The molecule has 6 nitrogen and oxygen atoms in total. The number of thiophene rings is 1. The van der Waals surface area contributed by atoms with E-state index in [9.17, 15) is 8.42 Å². The maximum Gasteiger partial charge on any atom is 0.240 e. The first-order valence-corrected chi connectivity index (χ1v) is 10.9. The smallest absolute Gasteiger partial charge is 0.240 e. The van der Waals surface area contributed by atoms with E-state index in [1.807, 2.05) is 42.1 Å². The summed E-state index contributed by atoms with van der Waals surface area (Å²) in [7, 11) is -2.10. The largest absolute Gasteiger partial charge is 0.497 e. The van der Waals surface area contributed by atoms with Crippen LogP contribution < -0.4 is 9.46 Å². The average molecular weight is 406 g/mol. The van der Waals surface area contributed by atoms with Crippen LogP contribution in [0.25, 0.3) is 0 Å². The van der Waals surface area contributed by atoms with Crippen LogP contribution >= 0.6 is 11.3 Å². The van der Waals surface area contributed by atoms with Gasteiger partial charge >= 0.3 is 0 Å². The highest BCUT2D eigenvalue weighted by molar-refractivity contribution is 7.89. The summed E-state index contributed by atoms with van der Waals surface area (Å²) in [4.78, 5) is 1.30. The molecular formula is C19H23N3O3S2. The van der Waals surface area contributed by atoms with E-state index in [0.717, 1.165) is 16.3 Å². The van der Waals surface area contributed by atoms with Gasteiger partial charge in [-0.1, -0.05) is 6.07 Å². The van der Waals surface area contributed by atoms with E-state index in [4.69, 9.17) is 4.74 Å². The van der Waals surface area contributed by atoms with Crippen molar-refractivity contribution in [2.24, 2.45) is 0 Å². The molecule has 1 N–H and O–H groups in total. The number of nitrogens with one attached hydrogen (secondary N) is 1. The molecule has 144 valence electrons. The molecule has 0 saturated heterocycles. The molecular weight excluding hydrogens is 382 g/mol. The topological polar surface area (TPSA) is 73.2 Å². The normalized spacial score (nSPS) is 12.9. The van der Waals surface area contributed by atoms with Gasteiger partial charge in [-0.15, -0.1) is 11.3 Å². The van der Waals surface area contributed by atoms with Crippen molar-refractivity contribution >= 4 is 21.4 Å². The molecule has 8 heteroatoms. The molecule has 1 aromatic carbocycles. The summed E-state index contributed by atoms with van der Waals surface area (Å²) in [5.41, 5.74) is 2.54. The van der Waals surface area contributed by atoms with Crippen LogP contribution in [0.3, 0.4) is 0 Å². The summed E-state index contributed by atoms with van der Waals surface area (Å²) in [5, 5.41) is 6.53. The Morgan fingerprint density at radius 1 is 1.22 bits per heavy atom. The quantitative estimate of drug-likeness (QED) is 0.653. The third-order valence-electron chi connectivity index (χ3n) is 4.35. The lowest BCUT2D eigenvalue weighted by Crippen LogP contribution is -2.32. The highest BCUT2D eigenvalue weighted by Crippen LogP contribution is 2.26. The van der Waals surface area contributed by atoms with Gasteiger partial charge in [-0.05, 0) is 62.0 Å². The third kappa shape index (κ3) is 4.23. The van der Waals surface area contributed by atoms with Gasteiger partial charge in [0.2, 0.25) is 10.0 Å². The number of benzene rings is 1. The average Bonchev–Trinajstić information content (AvgIpc) is 3.25. The van der Waals surface area contributed by atoms with E-state index in [1.54, 1.807) is 43.6 Å². The van der Waals surface area contributed by atoms with Crippen LogP contribution in [0, 0.1) is 20.8 Å². The molecule has 0 radical (unpaired) electrons. The number of hydrogen-bond donors (Lipinski definition) is 1. The van der Waals surface area contributed by atoms with Crippen LogP contribution in [0.5, 0.6) is 5.75 Å². The first-order chi connectivity index (χ1) is 12.8. The van der Waals surface area contributed by atoms with Crippen LogP contribution in [-0.4, -0.2) is 31.9 Å². The number of aromatic nitrogens is 2. The molecule has 0 aliphatic rings. The molecule has 3 aromatic rings. The summed E-state index contributed by atoms with van der Waals surface area (Å²) in [6.45, 7) is 5.88. The second-order valence-electron chi connectivity index (χ2n) is 6.39. The standard InChI is InChI=1S/C19H23N3O3S2/c1-13-10-16(25-4)7-8-19(13)27(23,24)20-12-17(18-6-5-9-26-18)22-15(3)11-14(2)21-22/h5-11,17,20H,12H2,1-4H3. The fourth-order valence-corrected chi connectivity index (χ4v) is 5.14. The molecule has 0 aliphatic carbocycles. The van der Waals surface area contributed by atoms with Gasteiger partial charge in [0.25, 0.3) is 0 Å². The lowest BCUT2D eigenvalue weighted by atomic mass is 10.2. The number of sulfonamides is 1. The van der Waals surface area contributed by atoms with Crippen molar-refractivity contribution in [1.29, 1.82) is 0 Å². The Kier molecular flexibility index (Phi) is 5.69. The van der Waals surface area contributed by atoms with Crippen molar-refractivity contribution in [3.8, 4) is 5.75 Å². The van der Waals surface area contributed by atoms with Gasteiger partial charge < -0.3 is 4.74 Å². The van der Waals surface area contributed by atoms with Crippen molar-refractivity contribution in [3.63, 3.8) is 0 Å². The van der Waals surface area contributed by atoms with Crippen LogP contribution in [0.15, 0.2) is 46.7 Å². The van der Waals surface area contributed by atoms with Gasteiger partial charge in [-0.2, -0.15) is 5.10 Å². The Hall–Kier alpha value is -2.16. The van der Waals surface area contributed by atoms with E-state index in [0.29, 0.717) is 11.3 Å². The van der Waals surface area contributed by atoms with Gasteiger partial charge in [0.15, 0.2) is 0 Å². The summed E-state index contributed by atoms with van der Waals surface area (Å²) in [6.07, 6.45) is 0. The van der Waals surface area contributed by atoms with Crippen LogP contribution in [0.1, 0.15) is 27.9 Å². The molecule has 0 aliphatic heterocycles. The van der Waals surface area contributed by atoms with Crippen molar-refractivity contribution < 1.29 is 13.2 Å². The number of nitrogens with zero attached hydrogens (tertiary/aromatic N) is 2. The number of aryl methyl sites for hydroxylation is 3. The van der Waals surface area contributed by atoms with Crippen LogP contribution in [0.4, 0.5) is 0 Å². The highest BCUT2D eigenvalue weighted by atomic mass is 32.2. The van der Waals surface area contributed by atoms with E-state index < -0.39 is 10.0 Å². The van der Waals surface area contributed by atoms with Gasteiger partial charge in [0, 0.05) is 17.1 Å². The molecule has 0 spiro atoms. The van der Waals surface area contributed by atoms with Gasteiger partial charge in [0.05, 0.1) is 23.7 Å². The summed E-state index contributed by atoms with van der Waals surface area (Å²) < 4.78 is 35.5. The first kappa shape index (κ1) is 19.6. The SMILES string of the molecule is COc1ccc(S(=O)(=O)NCC(c2cccs2)n2nc(C)cc2C)c(C)c1. The molecule has 0 saturated carbocycles. The zero-order valence-corrected chi connectivity index (χ0v) is 17.4. The zero-order chi connectivity index (χ0) is 19.6. The lowest BCUT2D eigenvalue weighted by molar-refractivity contribution is 0.414. The molecule has 27 heavy (non-hydrogen) atoms. The molecule has 2 heterocycles. The van der Waals surface area contributed by atoms with Gasteiger partial charge in [-0.3, -0.25) is 4.68 Å². The number of methoxy groups -OCH3 is 1. The molecule has 3 rings (SSSR count). The predicted molar refractivity (Wildman–Crippen MR) is 107 cm³/mol. The lowest BCUT2D eigenvalue weighted by Gasteiger charge is -2.19. The van der Waals surface area contributed by atoms with E-state index in [1.165, 1.54) is 0 Å². The molecule has 0 fully saturated rings. The minimum absolute atomic E-state index is 0.202. The van der Waals surface area contributed by atoms with Crippen molar-refractivity contribution in [1.82, 2.24) is 14.5 Å². The Labute approximate surface area is 163 Å². The van der Waals surface area contributed by atoms with Crippen molar-refractivity contribution in [3.05, 3.63) is 63.6 Å². The molecule has 1 unspecified atom stereocenters. The second-order valence-corrected chi connectivity index (χ2v) is 9.10. The maximum atomic E-state index is 12.9. The molecule has 0 bridgehead atoms. The van der Waals surface area contributed by atoms with E-state index >= 15 is 0 Å². The Morgan fingerprint density at radius 3 is 2.56 bits per heavy atom. The summed E-state index contributed by atoms with van der Waals surface area (Å²) in [6, 6.07) is 10.7. The monoisotopic (exact) mass is 405 g/mol. The maximum absolute atomic E-state index is 12.9. The number of ether oxygens (including phenoxy) is 1. The number of rotatable bonds is 7. The van der Waals surface area contributed by atoms with Gasteiger partial charge in [-0.25, -0.2) is 13.1 Å². The second kappa shape index (κ2) is 7.84. The number of hydrogen-bond acceptors (Lipinski definition) is 5. The van der Waals surface area contributed by atoms with Crippen LogP contribution in [-0.2, 0) is 10.0 Å². The Bertz CT molecular complexity index is 1020. The molecule has 1 atom stereocenters. The Balaban J connectivity index is 1.88. The predicted octanol–water partition coefficient (Wildman–Crippen LogP) is 3.45. The molecule has 0 amide bonds. The van der Waals surface area contributed by atoms with Crippen LogP contribution in [0.2, 0.25) is 0 Å². The highest BCUT2D eigenvalue weighted by Gasteiger charge is 2.23. The summed E-state index contributed by atoms with van der Waals surface area (Å²) in [5.74, 6) is 0.630. The summed E-state index contributed by atoms with van der Waals surface area (Å²) >= 11 is 1.59. The third-order valence-corrected chi connectivity index (χ3v) is 6.91. The van der Waals surface area contributed by atoms with E-state index in [-0.39, 0.29) is 17.5 Å². The minimum Gasteiger partial charge on any atom is -0.497 e. The van der Waals surface area contributed by atoms with Gasteiger partial charge in [0.1, 0.15) is 5.75 Å². The molecule has 2 aromatic heterocycles. The fourth-order valence-electron chi connectivity index (χ4n) is 3.07. The van der Waals surface area contributed by atoms with Crippen molar-refractivity contribution in [2.75, 3.05) is 13.7 Å². The van der Waals surface area contributed by atoms with E-state index in [2.05, 4.69) is 9.82 Å². The fraction of sp³-hybridized carbons (Fsp3) is 0.316. The van der Waals surface area contributed by atoms with Crippen molar-refractivity contribution in [2.45, 2.75) is 31.7 Å². The minimum atomic E-state index is -3.66. The Morgan fingerprint density at radius 2 is 2.00 bits per heavy atom.